The van der Waals surface area contributed by atoms with Gasteiger partial charge in [0.1, 0.15) is 18.1 Å². The lowest BCUT2D eigenvalue weighted by Crippen LogP contribution is -2.44. The van der Waals surface area contributed by atoms with Gasteiger partial charge in [-0.2, -0.15) is 0 Å². The SMILES string of the molecule is COc1ccc(OCCN(C)C(=O)C(C)(C)CN)cc1. The van der Waals surface area contributed by atoms with Crippen molar-refractivity contribution < 1.29 is 14.3 Å². The van der Waals surface area contributed by atoms with Crippen molar-refractivity contribution >= 4 is 5.91 Å². The standard InChI is InChI=1S/C15H24N2O3/c1-15(2,11-16)14(18)17(3)9-10-20-13-7-5-12(19-4)6-8-13/h5-8H,9-11,16H2,1-4H3. The second kappa shape index (κ2) is 7.14. The number of amides is 1. The van der Waals surface area contributed by atoms with Crippen LogP contribution in [0.25, 0.3) is 0 Å². The van der Waals surface area contributed by atoms with Gasteiger partial charge in [-0.15, -0.1) is 0 Å². The Morgan fingerprint density at radius 1 is 1.25 bits per heavy atom. The van der Waals surface area contributed by atoms with Crippen LogP contribution < -0.4 is 15.2 Å². The molecule has 0 heterocycles. The van der Waals surface area contributed by atoms with Crippen LogP contribution in [0.1, 0.15) is 13.8 Å². The lowest BCUT2D eigenvalue weighted by atomic mass is 9.92. The van der Waals surface area contributed by atoms with Crippen molar-refractivity contribution in [2.75, 3.05) is 33.9 Å². The largest absolute Gasteiger partial charge is 0.497 e. The zero-order chi connectivity index (χ0) is 15.2. The number of hydrogen-bond donors (Lipinski definition) is 1. The van der Waals surface area contributed by atoms with E-state index in [9.17, 15) is 4.79 Å². The number of ether oxygens (including phenoxy) is 2. The first-order valence-electron chi connectivity index (χ1n) is 6.63. The summed E-state index contributed by atoms with van der Waals surface area (Å²) in [5, 5.41) is 0. The van der Waals surface area contributed by atoms with Crippen molar-refractivity contribution in [2.24, 2.45) is 11.1 Å². The van der Waals surface area contributed by atoms with Crippen LogP contribution >= 0.6 is 0 Å². The molecule has 0 saturated heterocycles. The normalized spacial score (nSPS) is 11.1. The topological polar surface area (TPSA) is 64.8 Å². The number of carbonyl (C=O) groups excluding carboxylic acids is 1. The Labute approximate surface area is 120 Å². The molecule has 5 nitrogen and oxygen atoms in total. The van der Waals surface area contributed by atoms with Crippen LogP contribution in [-0.4, -0.2) is 44.7 Å². The fraction of sp³-hybridized carbons (Fsp3) is 0.533. The van der Waals surface area contributed by atoms with Crippen LogP contribution in [0.2, 0.25) is 0 Å². The maximum atomic E-state index is 12.1. The Morgan fingerprint density at radius 2 is 1.80 bits per heavy atom. The number of benzene rings is 1. The third kappa shape index (κ3) is 4.42. The lowest BCUT2D eigenvalue weighted by Gasteiger charge is -2.28. The number of hydrogen-bond acceptors (Lipinski definition) is 4. The van der Waals surface area contributed by atoms with Crippen molar-refractivity contribution in [1.29, 1.82) is 0 Å². The first-order valence-corrected chi connectivity index (χ1v) is 6.63. The minimum absolute atomic E-state index is 0.0262. The van der Waals surface area contributed by atoms with Crippen LogP contribution in [0.5, 0.6) is 11.5 Å². The van der Waals surface area contributed by atoms with Gasteiger partial charge in [0.05, 0.1) is 19.1 Å². The molecule has 1 rings (SSSR count). The van der Waals surface area contributed by atoms with Crippen molar-refractivity contribution in [3.05, 3.63) is 24.3 Å². The van der Waals surface area contributed by atoms with Crippen molar-refractivity contribution in [1.82, 2.24) is 4.90 Å². The summed E-state index contributed by atoms with van der Waals surface area (Å²) in [6.07, 6.45) is 0. The number of methoxy groups -OCH3 is 1. The molecule has 1 aromatic carbocycles. The maximum Gasteiger partial charge on any atom is 0.229 e. The average molecular weight is 280 g/mol. The molecule has 0 fully saturated rings. The molecule has 0 aromatic heterocycles. The van der Waals surface area contributed by atoms with E-state index in [4.69, 9.17) is 15.2 Å². The minimum atomic E-state index is -0.533. The Kier molecular flexibility index (Phi) is 5.82. The van der Waals surface area contributed by atoms with E-state index in [1.54, 1.807) is 19.1 Å². The molecule has 0 unspecified atom stereocenters. The quantitative estimate of drug-likeness (QED) is 0.822. The minimum Gasteiger partial charge on any atom is -0.497 e. The molecule has 1 aromatic rings. The van der Waals surface area contributed by atoms with Crippen molar-refractivity contribution in [3.8, 4) is 11.5 Å². The number of nitrogens with zero attached hydrogens (tertiary/aromatic N) is 1. The van der Waals surface area contributed by atoms with Gasteiger partial charge in [0.15, 0.2) is 0 Å². The van der Waals surface area contributed by atoms with Crippen LogP contribution in [0.15, 0.2) is 24.3 Å². The molecule has 0 aliphatic rings. The number of likely N-dealkylation sites (N-methyl/N-ethyl adjacent to an activating group) is 1. The second-order valence-corrected chi connectivity index (χ2v) is 5.34. The predicted octanol–water partition coefficient (Wildman–Crippen LogP) is 1.52. The molecule has 0 aliphatic carbocycles. The molecule has 0 saturated carbocycles. The lowest BCUT2D eigenvalue weighted by molar-refractivity contribution is -0.138. The molecule has 2 N–H and O–H groups in total. The Hall–Kier alpha value is -1.75. The van der Waals surface area contributed by atoms with Gasteiger partial charge in [-0.05, 0) is 38.1 Å². The molecular formula is C15H24N2O3. The van der Waals surface area contributed by atoms with E-state index >= 15 is 0 Å². The van der Waals surface area contributed by atoms with Gasteiger partial charge in [0, 0.05) is 13.6 Å². The number of rotatable bonds is 7. The fourth-order valence-corrected chi connectivity index (χ4v) is 1.68. The van der Waals surface area contributed by atoms with E-state index in [0.717, 1.165) is 11.5 Å². The monoisotopic (exact) mass is 280 g/mol. The first kappa shape index (κ1) is 16.3. The summed E-state index contributed by atoms with van der Waals surface area (Å²) in [6, 6.07) is 7.35. The third-order valence-corrected chi connectivity index (χ3v) is 3.19. The zero-order valence-corrected chi connectivity index (χ0v) is 12.7. The van der Waals surface area contributed by atoms with Gasteiger partial charge in [0.25, 0.3) is 0 Å². The highest BCUT2D eigenvalue weighted by Gasteiger charge is 2.28. The molecule has 0 spiro atoms. The number of nitrogens with two attached hydrogens (primary N) is 1. The summed E-state index contributed by atoms with van der Waals surface area (Å²) in [6.45, 7) is 4.98. The second-order valence-electron chi connectivity index (χ2n) is 5.34. The molecule has 0 bridgehead atoms. The third-order valence-electron chi connectivity index (χ3n) is 3.19. The summed E-state index contributed by atoms with van der Waals surface area (Å²) in [5.41, 5.74) is 5.07. The molecular weight excluding hydrogens is 256 g/mol. The molecule has 0 aliphatic heterocycles. The zero-order valence-electron chi connectivity index (χ0n) is 12.7. The summed E-state index contributed by atoms with van der Waals surface area (Å²) in [5.74, 6) is 1.57. The highest BCUT2D eigenvalue weighted by atomic mass is 16.5. The van der Waals surface area contributed by atoms with E-state index in [0.29, 0.717) is 19.7 Å². The van der Waals surface area contributed by atoms with Crippen molar-refractivity contribution in [3.63, 3.8) is 0 Å². The van der Waals surface area contributed by atoms with Gasteiger partial charge in [-0.25, -0.2) is 0 Å². The van der Waals surface area contributed by atoms with Crippen LogP contribution in [0.3, 0.4) is 0 Å². The van der Waals surface area contributed by atoms with Crippen LogP contribution in [0, 0.1) is 5.41 Å². The van der Waals surface area contributed by atoms with Gasteiger partial charge in [-0.3, -0.25) is 4.79 Å². The molecule has 5 heteroatoms. The highest BCUT2D eigenvalue weighted by molar-refractivity contribution is 5.81. The van der Waals surface area contributed by atoms with Gasteiger partial charge < -0.3 is 20.1 Å². The Bertz CT molecular complexity index is 429. The van der Waals surface area contributed by atoms with E-state index in [1.807, 2.05) is 38.1 Å². The fourth-order valence-electron chi connectivity index (χ4n) is 1.68. The van der Waals surface area contributed by atoms with Gasteiger partial charge >= 0.3 is 0 Å². The number of carbonyl (C=O) groups is 1. The van der Waals surface area contributed by atoms with Crippen LogP contribution in [0.4, 0.5) is 0 Å². The van der Waals surface area contributed by atoms with E-state index in [-0.39, 0.29) is 5.91 Å². The maximum absolute atomic E-state index is 12.1. The Morgan fingerprint density at radius 3 is 2.30 bits per heavy atom. The molecule has 0 radical (unpaired) electrons. The molecule has 20 heavy (non-hydrogen) atoms. The summed E-state index contributed by atoms with van der Waals surface area (Å²) in [4.78, 5) is 13.7. The van der Waals surface area contributed by atoms with E-state index < -0.39 is 5.41 Å². The van der Waals surface area contributed by atoms with Crippen LogP contribution in [-0.2, 0) is 4.79 Å². The Balaban J connectivity index is 2.41. The first-order chi connectivity index (χ1) is 9.40. The average Bonchev–Trinajstić information content (AvgIpc) is 2.47. The smallest absolute Gasteiger partial charge is 0.229 e. The van der Waals surface area contributed by atoms with E-state index in [2.05, 4.69) is 0 Å². The highest BCUT2D eigenvalue weighted by Crippen LogP contribution is 2.18. The summed E-state index contributed by atoms with van der Waals surface area (Å²) >= 11 is 0. The molecule has 112 valence electrons. The molecule has 0 atom stereocenters. The molecule has 1 amide bonds. The summed E-state index contributed by atoms with van der Waals surface area (Å²) in [7, 11) is 3.38. The van der Waals surface area contributed by atoms with Gasteiger partial charge in [0.2, 0.25) is 5.91 Å². The van der Waals surface area contributed by atoms with E-state index in [1.165, 1.54) is 0 Å². The van der Waals surface area contributed by atoms with Gasteiger partial charge in [-0.1, -0.05) is 0 Å². The van der Waals surface area contributed by atoms with Crippen molar-refractivity contribution in [2.45, 2.75) is 13.8 Å². The predicted molar refractivity (Wildman–Crippen MR) is 79.0 cm³/mol. The summed E-state index contributed by atoms with van der Waals surface area (Å²) < 4.78 is 10.7.